The number of alkyl halides is 1. The second-order valence-electron chi connectivity index (χ2n) is 2.93. The zero-order chi connectivity index (χ0) is 11.7. The van der Waals surface area contributed by atoms with Crippen molar-refractivity contribution in [2.75, 3.05) is 20.1 Å². The van der Waals surface area contributed by atoms with Crippen molar-refractivity contribution in [1.82, 2.24) is 4.90 Å². The van der Waals surface area contributed by atoms with Crippen molar-refractivity contribution in [2.45, 2.75) is 19.4 Å². The molecule has 0 fully saturated rings. The van der Waals surface area contributed by atoms with Crippen molar-refractivity contribution in [3.05, 3.63) is 12.2 Å². The maximum absolute atomic E-state index is 10.7. The number of likely N-dealkylation sites (N-methyl/N-ethyl adjacent to an activating group) is 1. The van der Waals surface area contributed by atoms with Gasteiger partial charge in [0.05, 0.1) is 6.00 Å². The van der Waals surface area contributed by atoms with Crippen molar-refractivity contribution < 1.29 is 4.79 Å². The van der Waals surface area contributed by atoms with Gasteiger partial charge in [0, 0.05) is 11.6 Å². The molecule has 0 aliphatic heterocycles. The summed E-state index contributed by atoms with van der Waals surface area (Å²) in [7, 11) is 3.81. The van der Waals surface area contributed by atoms with Crippen LogP contribution in [0.2, 0.25) is 0 Å². The minimum atomic E-state index is -0.412. The first-order valence-corrected chi connectivity index (χ1v) is 4.86. The number of rotatable bonds is 4. The summed E-state index contributed by atoms with van der Waals surface area (Å²) < 4.78 is 0. The maximum atomic E-state index is 10.7. The molecule has 4 nitrogen and oxygen atoms in total. The summed E-state index contributed by atoms with van der Waals surface area (Å²) in [5, 5.41) is 0. The Morgan fingerprint density at radius 2 is 1.93 bits per heavy atom. The standard InChI is InChI=1S/C8H16N2O.CH4ClN/c1-5-7(10(3)4)6(2)8(9)11;2-1-3/h7H,2,5H2,1,3-4H3,(H2,9,11);1,3H2. The van der Waals surface area contributed by atoms with Crippen molar-refractivity contribution in [2.24, 2.45) is 11.5 Å². The third kappa shape index (κ3) is 6.88. The molecule has 14 heavy (non-hydrogen) atoms. The Hall–Kier alpha value is -0.580. The molecule has 84 valence electrons. The molecular formula is C9H20ClN3O. The van der Waals surface area contributed by atoms with Gasteiger partial charge in [-0.2, -0.15) is 0 Å². The van der Waals surface area contributed by atoms with E-state index < -0.39 is 5.91 Å². The smallest absolute Gasteiger partial charge is 0.245 e. The molecule has 0 saturated carbocycles. The molecule has 5 heteroatoms. The Morgan fingerprint density at radius 3 is 2.00 bits per heavy atom. The fourth-order valence-corrected chi connectivity index (χ4v) is 1.09. The predicted molar refractivity (Wildman–Crippen MR) is 61.0 cm³/mol. The van der Waals surface area contributed by atoms with E-state index in [0.717, 1.165) is 6.42 Å². The largest absolute Gasteiger partial charge is 0.366 e. The lowest BCUT2D eigenvalue weighted by Crippen LogP contribution is -2.34. The molecule has 1 amide bonds. The Kier molecular flexibility index (Phi) is 10.2. The van der Waals surface area contributed by atoms with Crippen LogP contribution in [0.25, 0.3) is 0 Å². The molecule has 0 spiro atoms. The molecule has 0 rings (SSSR count). The van der Waals surface area contributed by atoms with Gasteiger partial charge in [-0.3, -0.25) is 4.79 Å². The maximum Gasteiger partial charge on any atom is 0.245 e. The Morgan fingerprint density at radius 1 is 1.57 bits per heavy atom. The van der Waals surface area contributed by atoms with Crippen molar-refractivity contribution in [3.8, 4) is 0 Å². The van der Waals surface area contributed by atoms with Crippen LogP contribution in [0.15, 0.2) is 12.2 Å². The Labute approximate surface area is 90.9 Å². The van der Waals surface area contributed by atoms with Crippen LogP contribution >= 0.6 is 11.6 Å². The molecule has 0 saturated heterocycles. The highest BCUT2D eigenvalue weighted by molar-refractivity contribution is 6.17. The van der Waals surface area contributed by atoms with Crippen LogP contribution in [-0.4, -0.2) is 36.9 Å². The van der Waals surface area contributed by atoms with E-state index in [1.54, 1.807) is 0 Å². The number of carbonyl (C=O) groups is 1. The molecule has 0 aliphatic carbocycles. The van der Waals surface area contributed by atoms with Crippen LogP contribution in [-0.2, 0) is 4.79 Å². The zero-order valence-corrected chi connectivity index (χ0v) is 9.84. The summed E-state index contributed by atoms with van der Waals surface area (Å²) in [6.07, 6.45) is 0.856. The number of halogens is 1. The molecule has 0 aromatic heterocycles. The molecule has 0 bridgehead atoms. The topological polar surface area (TPSA) is 72.4 Å². The molecule has 0 heterocycles. The molecule has 0 aromatic carbocycles. The summed E-state index contributed by atoms with van der Waals surface area (Å²) >= 11 is 4.78. The quantitative estimate of drug-likeness (QED) is 0.413. The predicted octanol–water partition coefficient (Wildman–Crippen LogP) is 0.510. The number of primary amides is 1. The van der Waals surface area contributed by atoms with Gasteiger partial charge in [-0.1, -0.05) is 13.5 Å². The lowest BCUT2D eigenvalue weighted by Gasteiger charge is -2.22. The summed E-state index contributed by atoms with van der Waals surface area (Å²) in [6, 6.07) is 0.299. The van der Waals surface area contributed by atoms with Crippen LogP contribution in [0.3, 0.4) is 0 Å². The first-order chi connectivity index (χ1) is 6.42. The summed E-state index contributed by atoms with van der Waals surface area (Å²) in [5.41, 5.74) is 10.2. The second-order valence-corrected chi connectivity index (χ2v) is 3.24. The van der Waals surface area contributed by atoms with Crippen LogP contribution in [0.4, 0.5) is 0 Å². The van der Waals surface area contributed by atoms with Gasteiger partial charge in [-0.25, -0.2) is 0 Å². The molecule has 0 aliphatic rings. The van der Waals surface area contributed by atoms with Gasteiger partial charge in [-0.05, 0) is 20.5 Å². The third-order valence-electron chi connectivity index (χ3n) is 1.73. The van der Waals surface area contributed by atoms with Crippen molar-refractivity contribution in [1.29, 1.82) is 0 Å². The van der Waals surface area contributed by atoms with Crippen LogP contribution in [0.1, 0.15) is 13.3 Å². The van der Waals surface area contributed by atoms with E-state index in [1.165, 1.54) is 0 Å². The first kappa shape index (κ1) is 15.9. The molecular weight excluding hydrogens is 202 g/mol. The molecule has 4 N–H and O–H groups in total. The highest BCUT2D eigenvalue weighted by Gasteiger charge is 2.16. The van der Waals surface area contributed by atoms with E-state index in [1.807, 2.05) is 25.9 Å². The lowest BCUT2D eigenvalue weighted by atomic mass is 10.1. The fraction of sp³-hybridized carbons (Fsp3) is 0.667. The average molecular weight is 222 g/mol. The number of carbonyl (C=O) groups excluding carboxylic acids is 1. The number of nitrogens with two attached hydrogens (primary N) is 2. The number of nitrogens with zero attached hydrogens (tertiary/aromatic N) is 1. The van der Waals surface area contributed by atoms with E-state index in [-0.39, 0.29) is 12.0 Å². The van der Waals surface area contributed by atoms with Crippen molar-refractivity contribution >= 4 is 17.5 Å². The zero-order valence-electron chi connectivity index (χ0n) is 9.09. The van der Waals surface area contributed by atoms with Gasteiger partial charge in [0.25, 0.3) is 0 Å². The number of amides is 1. The van der Waals surface area contributed by atoms with E-state index in [2.05, 4.69) is 12.3 Å². The van der Waals surface area contributed by atoms with E-state index in [9.17, 15) is 4.79 Å². The molecule has 1 atom stereocenters. The lowest BCUT2D eigenvalue weighted by molar-refractivity contribution is -0.115. The van der Waals surface area contributed by atoms with E-state index in [4.69, 9.17) is 17.3 Å². The normalized spacial score (nSPS) is 11.6. The van der Waals surface area contributed by atoms with Gasteiger partial charge in [0.15, 0.2) is 0 Å². The molecule has 1 unspecified atom stereocenters. The molecule has 0 aromatic rings. The number of hydrogen-bond acceptors (Lipinski definition) is 3. The summed E-state index contributed by atoms with van der Waals surface area (Å²) in [4.78, 5) is 12.6. The number of hydrogen-bond donors (Lipinski definition) is 2. The monoisotopic (exact) mass is 221 g/mol. The minimum absolute atomic E-state index is 0.0764. The van der Waals surface area contributed by atoms with Crippen LogP contribution in [0, 0.1) is 0 Å². The molecule has 0 radical (unpaired) electrons. The highest BCUT2D eigenvalue weighted by atomic mass is 35.5. The Balaban J connectivity index is 0. The van der Waals surface area contributed by atoms with Crippen LogP contribution < -0.4 is 11.5 Å². The van der Waals surface area contributed by atoms with Gasteiger partial charge in [0.2, 0.25) is 5.91 Å². The summed E-state index contributed by atoms with van der Waals surface area (Å²) in [6.45, 7) is 5.63. The second kappa shape index (κ2) is 8.99. The Bertz CT molecular complexity index is 183. The SMILES string of the molecule is C=C(C(N)=O)C(CC)N(C)C.NCCl. The van der Waals surface area contributed by atoms with Gasteiger partial charge in [0.1, 0.15) is 0 Å². The summed E-state index contributed by atoms with van der Waals surface area (Å²) in [5.74, 6) is -0.412. The van der Waals surface area contributed by atoms with E-state index >= 15 is 0 Å². The minimum Gasteiger partial charge on any atom is -0.366 e. The van der Waals surface area contributed by atoms with Gasteiger partial charge in [-0.15, -0.1) is 11.6 Å². The highest BCUT2D eigenvalue weighted by Crippen LogP contribution is 2.08. The fourth-order valence-electron chi connectivity index (χ4n) is 1.09. The third-order valence-corrected chi connectivity index (χ3v) is 1.73. The first-order valence-electron chi connectivity index (χ1n) is 4.33. The van der Waals surface area contributed by atoms with Gasteiger partial charge >= 0.3 is 0 Å². The average Bonchev–Trinajstić information content (AvgIpc) is 2.05. The van der Waals surface area contributed by atoms with Crippen LogP contribution in [0.5, 0.6) is 0 Å². The van der Waals surface area contributed by atoms with Crippen molar-refractivity contribution in [3.63, 3.8) is 0 Å². The van der Waals surface area contributed by atoms with E-state index in [0.29, 0.717) is 5.57 Å². The van der Waals surface area contributed by atoms with Gasteiger partial charge < -0.3 is 16.4 Å².